The molecule has 4 heterocycles. The Morgan fingerprint density at radius 2 is 1.52 bits per heavy atom. The molecule has 3 aromatic heterocycles. The predicted octanol–water partition coefficient (Wildman–Crippen LogP) is 5.97. The van der Waals surface area contributed by atoms with Crippen LogP contribution in [-0.2, 0) is 27.1 Å². The van der Waals surface area contributed by atoms with Crippen LogP contribution in [0.4, 0.5) is 0 Å². The Hall–Kier alpha value is -7.92. The molecule has 0 aliphatic carbocycles. The number of thiophene rings is 1. The number of rotatable bonds is 9. The molecule has 0 bridgehead atoms. The van der Waals surface area contributed by atoms with Crippen molar-refractivity contribution in [2.75, 3.05) is 33.4 Å². The van der Waals surface area contributed by atoms with Crippen molar-refractivity contribution in [2.24, 2.45) is 15.7 Å². The van der Waals surface area contributed by atoms with E-state index >= 15 is 0 Å². The highest BCUT2D eigenvalue weighted by Crippen LogP contribution is 2.33. The lowest BCUT2D eigenvalue weighted by Gasteiger charge is -2.26. The van der Waals surface area contributed by atoms with Gasteiger partial charge < -0.3 is 9.47 Å². The third-order valence-electron chi connectivity index (χ3n) is 7.12. The average Bonchev–Trinajstić information content (AvgIpc) is 3.89. The molecule has 1 fully saturated rings. The van der Waals surface area contributed by atoms with Crippen molar-refractivity contribution in [2.45, 2.75) is 26.9 Å². The van der Waals surface area contributed by atoms with Gasteiger partial charge in [0.1, 0.15) is 16.9 Å². The summed E-state index contributed by atoms with van der Waals surface area (Å²) in [5.41, 5.74) is 8.71. The summed E-state index contributed by atoms with van der Waals surface area (Å²) in [4.78, 5) is 25.5. The zero-order valence-electron chi connectivity index (χ0n) is 32.1. The Kier molecular flexibility index (Phi) is 21.4. The lowest BCUT2D eigenvalue weighted by molar-refractivity contribution is -0.478. The minimum absolute atomic E-state index is 0. The van der Waals surface area contributed by atoms with E-state index in [0.717, 1.165) is 54.4 Å². The Morgan fingerprint density at radius 1 is 0.950 bits per heavy atom. The lowest BCUT2D eigenvalue weighted by Crippen LogP contribution is -2.35. The zero-order valence-corrected chi connectivity index (χ0v) is 33.8. The predicted molar refractivity (Wildman–Crippen MR) is 245 cm³/mol. The molecule has 1 aliphatic rings. The highest BCUT2D eigenvalue weighted by atomic mass is 32.1. The van der Waals surface area contributed by atoms with Crippen molar-refractivity contribution in [3.05, 3.63) is 57.1 Å². The normalized spacial score (nSPS) is 10.5. The van der Waals surface area contributed by atoms with Crippen molar-refractivity contribution < 1.29 is 36.8 Å². The second kappa shape index (κ2) is 27.6. The van der Waals surface area contributed by atoms with Gasteiger partial charge in [-0.05, 0) is 142 Å². The van der Waals surface area contributed by atoms with Crippen LogP contribution in [-0.4, -0.2) is 68.1 Å². The Balaban J connectivity index is -0.000000176. The first-order valence-electron chi connectivity index (χ1n) is 16.8. The molecular formula is C42H48N10O6S2. The first kappa shape index (κ1) is 46.5. The second-order valence-corrected chi connectivity index (χ2v) is 11.9. The van der Waals surface area contributed by atoms with Crippen LogP contribution in [0.2, 0.25) is 0 Å². The van der Waals surface area contributed by atoms with E-state index in [0.29, 0.717) is 12.2 Å². The number of aromatic nitrogens is 4. The monoisotopic (exact) mass is 852 g/mol. The van der Waals surface area contributed by atoms with E-state index in [4.69, 9.17) is 26.7 Å². The molecule has 1 aliphatic heterocycles. The van der Waals surface area contributed by atoms with Gasteiger partial charge in [0.15, 0.2) is 5.65 Å². The third kappa shape index (κ3) is 15.5. The number of terminal acetylenes is 1. The summed E-state index contributed by atoms with van der Waals surface area (Å²) in [5, 5.41) is 21.0. The fourth-order valence-corrected chi connectivity index (χ4v) is 5.98. The summed E-state index contributed by atoms with van der Waals surface area (Å²) < 4.78 is 17.8. The molecule has 16 nitrogen and oxygen atoms in total. The zero-order chi connectivity index (χ0) is 43.2. The maximum absolute atomic E-state index is 13.2. The first-order chi connectivity index (χ1) is 29.4. The van der Waals surface area contributed by atoms with Crippen LogP contribution in [0, 0.1) is 131 Å². The van der Waals surface area contributed by atoms with Crippen molar-refractivity contribution in [1.82, 2.24) is 29.4 Å². The van der Waals surface area contributed by atoms with Gasteiger partial charge in [0.25, 0.3) is 0 Å². The number of benzene rings is 1. The molecule has 1 saturated heterocycles. The number of fused-ring (bicyclic) bond motifs is 3. The Labute approximate surface area is 368 Å². The Bertz CT molecular complexity index is 2910. The summed E-state index contributed by atoms with van der Waals surface area (Å²) in [6, 6.07) is 7.79. The van der Waals surface area contributed by atoms with E-state index in [2.05, 4.69) is 172 Å². The van der Waals surface area contributed by atoms with Gasteiger partial charge >= 0.3 is 5.69 Å². The van der Waals surface area contributed by atoms with E-state index < -0.39 is 0 Å². The largest absolute Gasteiger partial charge is 0.497 e. The molecule has 5 rings (SSSR count). The molecule has 1 aromatic carbocycles. The van der Waals surface area contributed by atoms with Crippen molar-refractivity contribution in [1.29, 1.82) is 5.53 Å². The van der Waals surface area contributed by atoms with E-state index in [1.54, 1.807) is 29.9 Å². The quantitative estimate of drug-likeness (QED) is 0.0454. The van der Waals surface area contributed by atoms with Gasteiger partial charge in [-0.25, -0.2) is 15.0 Å². The second-order valence-electron chi connectivity index (χ2n) is 10.6. The van der Waals surface area contributed by atoms with E-state index in [-0.39, 0.29) is 23.9 Å². The molecule has 0 saturated carbocycles. The maximum Gasteiger partial charge on any atom is 0.352 e. The first-order valence-corrected chi connectivity index (χ1v) is 18.0. The minimum Gasteiger partial charge on any atom is -0.497 e. The summed E-state index contributed by atoms with van der Waals surface area (Å²) in [5.74, 6) is 47.7. The number of morpholine rings is 1. The van der Waals surface area contributed by atoms with Gasteiger partial charge in [0.2, 0.25) is 0 Å². The topological polar surface area (TPSA) is 177 Å². The minimum atomic E-state index is -0.176. The van der Waals surface area contributed by atoms with E-state index in [1.165, 1.54) is 21.3 Å². The third-order valence-corrected chi connectivity index (χ3v) is 8.56. The number of methoxy groups -OCH3 is 1. The molecule has 18 heteroatoms. The van der Waals surface area contributed by atoms with Gasteiger partial charge in [-0.1, -0.05) is 23.0 Å². The Morgan fingerprint density at radius 3 is 2.02 bits per heavy atom. The summed E-state index contributed by atoms with van der Waals surface area (Å²) >= 11 is 4.83. The lowest BCUT2D eigenvalue weighted by atomic mass is 10.2. The number of nitrogens with one attached hydrogen (secondary N) is 1. The summed E-state index contributed by atoms with van der Waals surface area (Å²) in [6.45, 7) is 8.51. The fourth-order valence-electron chi connectivity index (χ4n) is 4.58. The van der Waals surface area contributed by atoms with Crippen LogP contribution in [0.3, 0.4) is 0 Å². The van der Waals surface area contributed by atoms with Crippen molar-refractivity contribution in [3.8, 4) is 125 Å². The highest BCUT2D eigenvalue weighted by molar-refractivity contribution is 7.75. The van der Waals surface area contributed by atoms with Crippen LogP contribution in [0.25, 0.3) is 15.9 Å². The fraction of sp³-hybridized carbons (Fsp3) is 0.214. The number of hydrogen-bond acceptors (Lipinski definition) is 13. The smallest absolute Gasteiger partial charge is 0.352 e. The van der Waals surface area contributed by atoms with Crippen LogP contribution in [0.5, 0.6) is 5.75 Å². The summed E-state index contributed by atoms with van der Waals surface area (Å²) in [7, 11) is 1.64. The number of thiol groups is 1. The molecule has 0 amide bonds. The van der Waals surface area contributed by atoms with Crippen LogP contribution in [0.1, 0.15) is 35.8 Å². The van der Waals surface area contributed by atoms with E-state index in [9.17, 15) is 4.79 Å². The number of ether oxygens (including phenoxy) is 2. The molecule has 314 valence electrons. The highest BCUT2D eigenvalue weighted by Gasteiger charge is 2.21. The van der Waals surface area contributed by atoms with E-state index in [1.807, 2.05) is 24.3 Å². The standard InChI is InChI=1S/C21H23N5O3S.C21H4.H3N5O3S.9H2/c1-14-17(12-24-7-9-29-10-8-24)30-20-18(14)19-22-13-23-26(19)21(27)25(20)11-15-3-5-16(28-2)6-4-15;1-3-5-7-9-11-13-15-17-19-21-20-18-16-14-12-10-8-6-4-2;1-2-3-4-5(7-6)8-9;;;;;;;;;/h3-6,13H,7-12H2,1-2H3;1H,2H3;1,6,9H;9*1H/b;;2-1?,4-3+;;;;;;;;;. The number of nitrogens with zero attached hydrogens (tertiary/aromatic N) is 9. The SMILES string of the molecule is C#CC#CC#CC#CC#CC#CC#CC#CC#CC#CC.COc1ccc(Cn2c(=O)n3ncnc3c3c(C)c(CN4CCOCC4)sc32)cc1.N=N/N=N/N(OO)OS.[HH].[HH].[HH].[HH].[HH].[HH].[HH].[HH].[HH]. The maximum atomic E-state index is 13.2. The molecule has 0 unspecified atom stereocenters. The van der Waals surface area contributed by atoms with Gasteiger partial charge in [-0.3, -0.25) is 9.47 Å². The van der Waals surface area contributed by atoms with Crippen LogP contribution < -0.4 is 10.4 Å². The molecule has 0 spiro atoms. The molecule has 2 N–H and O–H groups in total. The van der Waals surface area contributed by atoms with Crippen LogP contribution >= 0.6 is 24.2 Å². The molecule has 0 atom stereocenters. The summed E-state index contributed by atoms with van der Waals surface area (Å²) in [6.07, 6.45) is 6.35. The molecular weight excluding hydrogens is 805 g/mol. The van der Waals surface area contributed by atoms with Gasteiger partial charge in [0, 0.05) is 72.7 Å². The van der Waals surface area contributed by atoms with Crippen LogP contribution in [0.15, 0.2) is 51.1 Å². The molecule has 60 heavy (non-hydrogen) atoms. The van der Waals surface area contributed by atoms with Crippen molar-refractivity contribution >= 4 is 40.1 Å². The van der Waals surface area contributed by atoms with Crippen molar-refractivity contribution in [3.63, 3.8) is 0 Å². The molecule has 0 radical (unpaired) electrons. The van der Waals surface area contributed by atoms with Gasteiger partial charge in [0.05, 0.1) is 32.3 Å². The molecule has 4 aromatic rings. The number of aryl methyl sites for hydroxylation is 1. The van der Waals surface area contributed by atoms with Gasteiger partial charge in [-0.2, -0.15) is 19.4 Å². The van der Waals surface area contributed by atoms with Gasteiger partial charge in [-0.15, -0.1) is 17.8 Å². The average molecular weight is 853 g/mol. The number of hydrogen-bond donors (Lipinski definition) is 3.